The van der Waals surface area contributed by atoms with Crippen LogP contribution in [0.2, 0.25) is 0 Å². The molecule has 8 heteroatoms. The van der Waals surface area contributed by atoms with Crippen LogP contribution in [-0.2, 0) is 30.3 Å². The Hall–Kier alpha value is -2.97. The number of ether oxygens (including phenoxy) is 2. The Bertz CT molecular complexity index is 1220. The van der Waals surface area contributed by atoms with Crippen molar-refractivity contribution in [2.24, 2.45) is 17.3 Å². The predicted octanol–water partition coefficient (Wildman–Crippen LogP) is 4.70. The van der Waals surface area contributed by atoms with Gasteiger partial charge in [-0.2, -0.15) is 0 Å². The van der Waals surface area contributed by atoms with Crippen LogP contribution in [0, 0.1) is 17.3 Å². The molecule has 1 aromatic rings. The highest BCUT2D eigenvalue weighted by Crippen LogP contribution is 2.64. The van der Waals surface area contributed by atoms with Gasteiger partial charge in [0, 0.05) is 12.1 Å². The molecule has 6 atom stereocenters. The molecule has 2 unspecified atom stereocenters. The average molecular weight is 595 g/mol. The van der Waals surface area contributed by atoms with E-state index in [1.165, 1.54) is 0 Å². The minimum Gasteiger partial charge on any atom is -0.465 e. The zero-order chi connectivity index (χ0) is 31.8. The lowest BCUT2D eigenvalue weighted by atomic mass is 9.66. The molecule has 3 saturated heterocycles. The van der Waals surface area contributed by atoms with Gasteiger partial charge in [-0.05, 0) is 63.9 Å². The van der Waals surface area contributed by atoms with E-state index >= 15 is 4.79 Å². The van der Waals surface area contributed by atoms with E-state index in [4.69, 9.17) is 9.47 Å². The van der Waals surface area contributed by atoms with Crippen LogP contribution in [0.25, 0.3) is 0 Å². The highest BCUT2D eigenvalue weighted by atomic mass is 16.6. The maximum atomic E-state index is 15.0. The van der Waals surface area contributed by atoms with Crippen molar-refractivity contribution in [3.63, 3.8) is 0 Å². The lowest BCUT2D eigenvalue weighted by Crippen LogP contribution is -2.62. The summed E-state index contributed by atoms with van der Waals surface area (Å²) >= 11 is 0. The fourth-order valence-corrected chi connectivity index (χ4v) is 8.17. The third-order valence-electron chi connectivity index (χ3n) is 9.46. The van der Waals surface area contributed by atoms with Crippen LogP contribution in [-0.4, -0.2) is 81.3 Å². The van der Waals surface area contributed by atoms with Gasteiger partial charge in [-0.3, -0.25) is 14.4 Å². The second-order valence-electron chi connectivity index (χ2n) is 14.5. The topological polar surface area (TPSA) is 96.4 Å². The molecule has 1 aromatic carbocycles. The number of carbonyl (C=O) groups excluding carboxylic acids is 3. The van der Waals surface area contributed by atoms with Crippen molar-refractivity contribution < 1.29 is 29.0 Å². The first kappa shape index (κ1) is 32.9. The predicted molar refractivity (Wildman–Crippen MR) is 166 cm³/mol. The van der Waals surface area contributed by atoms with Crippen molar-refractivity contribution >= 4 is 17.8 Å². The molecular formula is C35H50N2O6. The molecule has 3 aliphatic rings. The van der Waals surface area contributed by atoms with Gasteiger partial charge in [0.1, 0.15) is 17.6 Å². The summed E-state index contributed by atoms with van der Waals surface area (Å²) in [6.07, 6.45) is 5.92. The number of esters is 1. The number of benzene rings is 1. The quantitative estimate of drug-likeness (QED) is 0.202. The van der Waals surface area contributed by atoms with Crippen molar-refractivity contribution in [3.8, 4) is 0 Å². The number of amides is 2. The zero-order valence-corrected chi connectivity index (χ0v) is 26.8. The van der Waals surface area contributed by atoms with Gasteiger partial charge in [-0.25, -0.2) is 0 Å². The molecular weight excluding hydrogens is 544 g/mol. The van der Waals surface area contributed by atoms with Crippen molar-refractivity contribution in [1.82, 2.24) is 9.80 Å². The van der Waals surface area contributed by atoms with Crippen LogP contribution in [0.15, 0.2) is 55.6 Å². The van der Waals surface area contributed by atoms with Crippen LogP contribution in [0.4, 0.5) is 0 Å². The summed E-state index contributed by atoms with van der Waals surface area (Å²) in [5, 5.41) is 10.7. The molecule has 1 N–H and O–H groups in total. The molecule has 2 bridgehead atoms. The van der Waals surface area contributed by atoms with E-state index in [2.05, 4.69) is 33.9 Å². The Morgan fingerprint density at radius 2 is 1.84 bits per heavy atom. The van der Waals surface area contributed by atoms with Crippen molar-refractivity contribution in [2.45, 2.75) is 102 Å². The van der Waals surface area contributed by atoms with Gasteiger partial charge >= 0.3 is 5.97 Å². The highest BCUT2D eigenvalue weighted by Gasteiger charge is 2.79. The van der Waals surface area contributed by atoms with Gasteiger partial charge in [-0.1, -0.05) is 63.3 Å². The van der Waals surface area contributed by atoms with Gasteiger partial charge < -0.3 is 24.4 Å². The molecule has 2 amide bonds. The Kier molecular flexibility index (Phi) is 9.34. The van der Waals surface area contributed by atoms with Gasteiger partial charge in [0.05, 0.1) is 30.8 Å². The maximum Gasteiger partial charge on any atom is 0.312 e. The Balaban J connectivity index is 1.83. The van der Waals surface area contributed by atoms with E-state index in [0.717, 1.165) is 5.56 Å². The van der Waals surface area contributed by atoms with Crippen molar-refractivity contribution in [2.75, 3.05) is 19.8 Å². The van der Waals surface area contributed by atoms with Crippen LogP contribution in [0.1, 0.15) is 72.8 Å². The normalized spacial score (nSPS) is 28.9. The molecule has 8 nitrogen and oxygen atoms in total. The van der Waals surface area contributed by atoms with Crippen LogP contribution in [0.3, 0.4) is 0 Å². The van der Waals surface area contributed by atoms with Gasteiger partial charge in [0.25, 0.3) is 0 Å². The number of rotatable bonds is 13. The standard InChI is InChI=1S/C35H50N2O6/c1-9-11-20-42-31(41)27-26-29(39)37(25(22-38)21-24-15-13-12-14-16-24)28(35(26)18-17-34(27,8)43-35)30(40)36(19-10-2)33(6,7)23-32(3,4)5/h9-10,12-16,25-28,38H,1-2,11,17-23H2,3-8H3/t25-,26+,27-,28?,34+,35?/m1/s1. The number of hydrogen-bond acceptors (Lipinski definition) is 6. The van der Waals surface area contributed by atoms with Crippen molar-refractivity contribution in [3.05, 3.63) is 61.2 Å². The molecule has 43 heavy (non-hydrogen) atoms. The summed E-state index contributed by atoms with van der Waals surface area (Å²) in [6.45, 7) is 20.1. The van der Waals surface area contributed by atoms with E-state index in [9.17, 15) is 14.7 Å². The summed E-state index contributed by atoms with van der Waals surface area (Å²) in [5.74, 6) is -2.82. The minimum absolute atomic E-state index is 0.0772. The number of nitrogens with zero attached hydrogens (tertiary/aromatic N) is 2. The van der Waals surface area contributed by atoms with E-state index in [1.54, 1.807) is 22.0 Å². The fraction of sp³-hybridized carbons (Fsp3) is 0.629. The highest BCUT2D eigenvalue weighted by molar-refractivity contribution is 5.99. The molecule has 3 aliphatic heterocycles. The first-order chi connectivity index (χ1) is 20.2. The Morgan fingerprint density at radius 3 is 2.42 bits per heavy atom. The van der Waals surface area contributed by atoms with Crippen LogP contribution < -0.4 is 0 Å². The lowest BCUT2D eigenvalue weighted by molar-refractivity contribution is -0.163. The SMILES string of the molecule is C=CCCOC(=O)[C@H]1[C@H]2C(=O)N([C@@H](CO)Cc3ccccc3)C(C(=O)N(CC=C)C(C)(C)CC(C)(C)C)C23CC[C@]1(C)O3. The molecule has 1 spiro atoms. The molecule has 4 rings (SSSR count). The summed E-state index contributed by atoms with van der Waals surface area (Å²) in [5.41, 5.74) is -1.87. The van der Waals surface area contributed by atoms with Gasteiger partial charge in [0.2, 0.25) is 11.8 Å². The Labute approximate surface area is 257 Å². The third kappa shape index (κ3) is 6.05. The summed E-state index contributed by atoms with van der Waals surface area (Å²) < 4.78 is 12.4. The molecule has 3 fully saturated rings. The maximum absolute atomic E-state index is 15.0. The number of carbonyl (C=O) groups is 3. The van der Waals surface area contributed by atoms with Crippen LogP contribution in [0.5, 0.6) is 0 Å². The first-order valence-corrected chi connectivity index (χ1v) is 15.5. The molecule has 0 saturated carbocycles. The van der Waals surface area contributed by atoms with E-state index in [0.29, 0.717) is 32.1 Å². The number of hydrogen-bond donors (Lipinski definition) is 1. The van der Waals surface area contributed by atoms with Gasteiger partial charge in [-0.15, -0.1) is 13.2 Å². The average Bonchev–Trinajstić information content (AvgIpc) is 3.50. The molecule has 0 aliphatic carbocycles. The van der Waals surface area contributed by atoms with E-state index in [-0.39, 0.29) is 37.0 Å². The molecule has 3 heterocycles. The fourth-order valence-electron chi connectivity index (χ4n) is 8.17. The van der Waals surface area contributed by atoms with Crippen LogP contribution >= 0.6 is 0 Å². The molecule has 236 valence electrons. The molecule has 0 aromatic heterocycles. The monoisotopic (exact) mass is 594 g/mol. The second kappa shape index (κ2) is 12.2. The lowest BCUT2D eigenvalue weighted by Gasteiger charge is -2.46. The summed E-state index contributed by atoms with van der Waals surface area (Å²) in [7, 11) is 0. The Morgan fingerprint density at radius 1 is 1.16 bits per heavy atom. The first-order valence-electron chi connectivity index (χ1n) is 15.5. The summed E-state index contributed by atoms with van der Waals surface area (Å²) in [6, 6.07) is 7.91. The molecule has 0 radical (unpaired) electrons. The summed E-state index contributed by atoms with van der Waals surface area (Å²) in [4.78, 5) is 46.6. The number of fused-ring (bicyclic) bond motifs is 1. The number of aliphatic hydroxyl groups is 1. The van der Waals surface area contributed by atoms with Gasteiger partial charge in [0.15, 0.2) is 0 Å². The largest absolute Gasteiger partial charge is 0.465 e. The second-order valence-corrected chi connectivity index (χ2v) is 14.5. The minimum atomic E-state index is -1.22. The smallest absolute Gasteiger partial charge is 0.312 e. The number of aliphatic hydroxyl groups excluding tert-OH is 1. The van der Waals surface area contributed by atoms with Crippen molar-refractivity contribution in [1.29, 1.82) is 0 Å². The zero-order valence-electron chi connectivity index (χ0n) is 26.8. The number of likely N-dealkylation sites (tertiary alicyclic amines) is 1. The third-order valence-corrected chi connectivity index (χ3v) is 9.46. The van der Waals surface area contributed by atoms with E-state index in [1.807, 2.05) is 51.1 Å². The van der Waals surface area contributed by atoms with E-state index < -0.39 is 46.6 Å².